The minimum absolute atomic E-state index is 0.235. The van der Waals surface area contributed by atoms with Gasteiger partial charge >= 0.3 is 0 Å². The summed E-state index contributed by atoms with van der Waals surface area (Å²) in [7, 11) is -1.72. The van der Waals surface area contributed by atoms with Crippen LogP contribution in [0.15, 0.2) is 30.5 Å². The first kappa shape index (κ1) is 23.1. The van der Waals surface area contributed by atoms with Crippen molar-refractivity contribution >= 4 is 25.1 Å². The second kappa shape index (κ2) is 9.27. The van der Waals surface area contributed by atoms with Crippen LogP contribution in [0.1, 0.15) is 52.5 Å². The lowest BCUT2D eigenvalue weighted by molar-refractivity contribution is -0.137. The molecular weight excluding hydrogens is 388 g/mol. The molecule has 1 aliphatic rings. The van der Waals surface area contributed by atoms with E-state index in [-0.39, 0.29) is 5.04 Å². The van der Waals surface area contributed by atoms with Gasteiger partial charge in [-0.05, 0) is 54.4 Å². The van der Waals surface area contributed by atoms with Gasteiger partial charge in [-0.15, -0.1) is 0 Å². The number of likely N-dealkylation sites (tertiary alicyclic amines) is 1. The van der Waals surface area contributed by atoms with Crippen molar-refractivity contribution < 1.29 is 9.22 Å². The van der Waals surface area contributed by atoms with Gasteiger partial charge in [0.25, 0.3) is 0 Å². The number of piperidine rings is 1. The summed E-state index contributed by atoms with van der Waals surface area (Å²) in [5, 5.41) is 1.51. The van der Waals surface area contributed by atoms with E-state index in [1.165, 1.54) is 16.5 Å². The molecule has 4 nitrogen and oxygen atoms in total. The largest absolute Gasteiger partial charge is 0.417 e. The second-order valence-electron chi connectivity index (χ2n) is 10.5. The fourth-order valence-electron chi connectivity index (χ4n) is 4.35. The molecule has 0 saturated carbocycles. The lowest BCUT2D eigenvalue weighted by atomic mass is 9.81. The lowest BCUT2D eigenvalue weighted by Crippen LogP contribution is -2.46. The van der Waals surface area contributed by atoms with Crippen LogP contribution in [-0.4, -0.2) is 43.8 Å². The van der Waals surface area contributed by atoms with E-state index in [2.05, 4.69) is 81.1 Å². The topological polar surface area (TPSA) is 45.3 Å². The first-order chi connectivity index (χ1) is 14.1. The van der Waals surface area contributed by atoms with Crippen molar-refractivity contribution in [1.29, 1.82) is 0 Å². The molecule has 1 saturated heterocycles. The number of rotatable bonds is 8. The number of aromatic nitrogens is 1. The molecule has 2 aromatic rings. The first-order valence-corrected chi connectivity index (χ1v) is 14.5. The van der Waals surface area contributed by atoms with E-state index in [4.69, 9.17) is 4.43 Å². The summed E-state index contributed by atoms with van der Waals surface area (Å²) in [4.78, 5) is 18.3. The summed E-state index contributed by atoms with van der Waals surface area (Å²) in [6.45, 7) is 16.2. The predicted molar refractivity (Wildman–Crippen MR) is 128 cm³/mol. The van der Waals surface area contributed by atoms with Crippen LogP contribution in [0.4, 0.5) is 0 Å². The summed E-state index contributed by atoms with van der Waals surface area (Å²) < 4.78 is 6.40. The Labute approximate surface area is 183 Å². The van der Waals surface area contributed by atoms with Gasteiger partial charge in [-0.3, -0.25) is 4.79 Å². The molecule has 5 heteroatoms. The highest BCUT2D eigenvalue weighted by atomic mass is 28.4. The molecular formula is C25H40N2O2Si. The van der Waals surface area contributed by atoms with Crippen LogP contribution in [-0.2, 0) is 15.6 Å². The number of H-pyrrole nitrogens is 1. The average molecular weight is 429 g/mol. The number of benzene rings is 1. The van der Waals surface area contributed by atoms with E-state index < -0.39 is 8.32 Å². The fraction of sp³-hybridized carbons (Fsp3) is 0.640. The Morgan fingerprint density at radius 3 is 2.63 bits per heavy atom. The van der Waals surface area contributed by atoms with E-state index in [0.29, 0.717) is 24.2 Å². The van der Waals surface area contributed by atoms with Gasteiger partial charge < -0.3 is 14.3 Å². The zero-order valence-electron chi connectivity index (χ0n) is 19.8. The molecule has 0 unspecified atom stereocenters. The molecule has 2 heterocycles. The number of amides is 1. The van der Waals surface area contributed by atoms with Gasteiger partial charge in [0.15, 0.2) is 8.32 Å². The molecule has 1 amide bonds. The third kappa shape index (κ3) is 5.17. The minimum Gasteiger partial charge on any atom is -0.417 e. The number of fused-ring (bicyclic) bond motifs is 1. The van der Waals surface area contributed by atoms with Gasteiger partial charge in [0.05, 0.1) is 0 Å². The zero-order valence-corrected chi connectivity index (χ0v) is 20.8. The molecule has 0 bridgehead atoms. The maximum absolute atomic E-state index is 12.9. The molecule has 0 spiro atoms. The Hall–Kier alpha value is -1.59. The molecule has 1 aliphatic heterocycles. The molecule has 0 radical (unpaired) electrons. The van der Waals surface area contributed by atoms with Crippen LogP contribution in [0, 0.1) is 11.8 Å². The Morgan fingerprint density at radius 2 is 1.93 bits per heavy atom. The number of carbonyl (C=O) groups is 1. The van der Waals surface area contributed by atoms with Crippen LogP contribution in [0.3, 0.4) is 0 Å². The molecule has 3 rings (SSSR count). The van der Waals surface area contributed by atoms with Crippen LogP contribution in [0.5, 0.6) is 0 Å². The van der Waals surface area contributed by atoms with Gasteiger partial charge in [-0.25, -0.2) is 0 Å². The third-order valence-corrected chi connectivity index (χ3v) is 12.1. The van der Waals surface area contributed by atoms with Gasteiger partial charge in [0.2, 0.25) is 5.91 Å². The Kier molecular flexibility index (Phi) is 7.13. The summed E-state index contributed by atoms with van der Waals surface area (Å²) in [5.74, 6) is 1.35. The monoisotopic (exact) mass is 428 g/mol. The van der Waals surface area contributed by atoms with E-state index in [1.807, 2.05) is 0 Å². The highest BCUT2D eigenvalue weighted by Gasteiger charge is 2.38. The molecule has 1 aromatic heterocycles. The Bertz CT molecular complexity index is 852. The summed E-state index contributed by atoms with van der Waals surface area (Å²) in [6.07, 6.45) is 5.81. The number of aromatic amines is 1. The average Bonchev–Trinajstić information content (AvgIpc) is 3.09. The SMILES string of the molecule is CC[C@H]1CN(CCc2c[nH]c3ccccc23)C(=O)C[C@@H]1CCO[Si](C)(C)C(C)(C)C. The number of carbonyl (C=O) groups excluding carboxylic acids is 1. The van der Waals surface area contributed by atoms with Crippen LogP contribution >= 0.6 is 0 Å². The van der Waals surface area contributed by atoms with E-state index in [0.717, 1.165) is 39.0 Å². The van der Waals surface area contributed by atoms with E-state index in [9.17, 15) is 4.79 Å². The van der Waals surface area contributed by atoms with Gasteiger partial charge in [0, 0.05) is 43.2 Å². The van der Waals surface area contributed by atoms with Gasteiger partial charge in [-0.1, -0.05) is 52.3 Å². The molecule has 1 fully saturated rings. The van der Waals surface area contributed by atoms with Crippen molar-refractivity contribution in [3.05, 3.63) is 36.0 Å². The minimum atomic E-state index is -1.72. The molecule has 166 valence electrons. The maximum Gasteiger partial charge on any atom is 0.222 e. The molecule has 1 aromatic carbocycles. The van der Waals surface area contributed by atoms with Crippen molar-refractivity contribution in [1.82, 2.24) is 9.88 Å². The Balaban J connectivity index is 1.54. The van der Waals surface area contributed by atoms with Crippen molar-refractivity contribution in [3.63, 3.8) is 0 Å². The maximum atomic E-state index is 12.9. The quantitative estimate of drug-likeness (QED) is 0.524. The van der Waals surface area contributed by atoms with Crippen LogP contribution < -0.4 is 0 Å². The lowest BCUT2D eigenvalue weighted by Gasteiger charge is -2.40. The molecule has 30 heavy (non-hydrogen) atoms. The number of nitrogens with zero attached hydrogens (tertiary/aromatic N) is 1. The van der Waals surface area contributed by atoms with Gasteiger partial charge in [0.1, 0.15) is 0 Å². The summed E-state index contributed by atoms with van der Waals surface area (Å²) >= 11 is 0. The highest BCUT2D eigenvalue weighted by Crippen LogP contribution is 2.37. The third-order valence-electron chi connectivity index (χ3n) is 7.52. The van der Waals surface area contributed by atoms with Crippen LogP contribution in [0.2, 0.25) is 18.1 Å². The van der Waals surface area contributed by atoms with Crippen molar-refractivity contribution in [2.45, 2.75) is 71.5 Å². The van der Waals surface area contributed by atoms with Crippen molar-refractivity contribution in [2.24, 2.45) is 11.8 Å². The summed E-state index contributed by atoms with van der Waals surface area (Å²) in [6, 6.07) is 8.40. The number of hydrogen-bond acceptors (Lipinski definition) is 2. The smallest absolute Gasteiger partial charge is 0.222 e. The molecule has 1 N–H and O–H groups in total. The standard InChI is InChI=1S/C25H40N2O2Si/c1-7-19-18-27(14-12-21-17-26-23-11-9-8-10-22(21)23)24(28)16-20(19)13-15-29-30(5,6)25(2,3)4/h8-11,17,19-20,26H,7,12-16,18H2,1-6H3/t19-,20-/m0/s1. The van der Waals surface area contributed by atoms with E-state index in [1.54, 1.807) is 0 Å². The van der Waals surface area contributed by atoms with E-state index >= 15 is 0 Å². The zero-order chi connectivity index (χ0) is 21.9. The molecule has 2 atom stereocenters. The second-order valence-corrected chi connectivity index (χ2v) is 15.3. The molecule has 0 aliphatic carbocycles. The van der Waals surface area contributed by atoms with Crippen molar-refractivity contribution in [2.75, 3.05) is 19.7 Å². The first-order valence-electron chi connectivity index (χ1n) is 11.6. The Morgan fingerprint density at radius 1 is 1.20 bits per heavy atom. The van der Waals surface area contributed by atoms with Crippen molar-refractivity contribution in [3.8, 4) is 0 Å². The number of hydrogen-bond donors (Lipinski definition) is 1. The normalized spacial score (nSPS) is 20.9. The highest BCUT2D eigenvalue weighted by molar-refractivity contribution is 6.74. The predicted octanol–water partition coefficient (Wildman–Crippen LogP) is 6.00. The number of nitrogens with one attached hydrogen (secondary N) is 1. The van der Waals surface area contributed by atoms with Crippen LogP contribution in [0.25, 0.3) is 10.9 Å². The fourth-order valence-corrected chi connectivity index (χ4v) is 5.41. The summed E-state index contributed by atoms with van der Waals surface area (Å²) in [5.41, 5.74) is 2.47. The van der Waals surface area contributed by atoms with Gasteiger partial charge in [-0.2, -0.15) is 0 Å². The number of para-hydroxylation sites is 1.